The second kappa shape index (κ2) is 7.94. The number of benzene rings is 1. The summed E-state index contributed by atoms with van der Waals surface area (Å²) in [6.45, 7) is 0. The lowest BCUT2D eigenvalue weighted by molar-refractivity contribution is -0.274. The molecule has 1 aliphatic carbocycles. The number of alkyl halides is 3. The van der Waals surface area contributed by atoms with Crippen molar-refractivity contribution in [3.8, 4) is 22.8 Å². The normalized spacial score (nSPS) is 19.6. The van der Waals surface area contributed by atoms with E-state index < -0.39 is 24.0 Å². The second-order valence-electron chi connectivity index (χ2n) is 7.15. The molecule has 0 unspecified atom stereocenters. The van der Waals surface area contributed by atoms with Gasteiger partial charge in [0.2, 0.25) is 0 Å². The highest BCUT2D eigenvalue weighted by Crippen LogP contribution is 2.37. The van der Waals surface area contributed by atoms with Gasteiger partial charge in [0.05, 0.1) is 12.1 Å². The standard InChI is InChI=1S/C20H19F3N4O3/c21-20(22,23)30-11-5-6-13(17(29)9-11)18-12-7-8-24-10-14(12)19(27-26-18)25-15-3-1-2-4-16(15)28/h5-10,15-16,28-29H,1-4H2,(H,25,27)/t15-,16-/m0/s1. The van der Waals surface area contributed by atoms with E-state index in [4.69, 9.17) is 0 Å². The van der Waals surface area contributed by atoms with Crippen LogP contribution in [0.1, 0.15) is 25.7 Å². The number of fused-ring (bicyclic) bond motifs is 1. The van der Waals surface area contributed by atoms with Crippen LogP contribution in [0.2, 0.25) is 0 Å². The number of halogens is 3. The topological polar surface area (TPSA) is 100 Å². The molecule has 1 aliphatic rings. The Morgan fingerprint density at radius 1 is 1.07 bits per heavy atom. The van der Waals surface area contributed by atoms with Crippen molar-refractivity contribution in [2.75, 3.05) is 5.32 Å². The van der Waals surface area contributed by atoms with Crippen LogP contribution in [0.5, 0.6) is 11.5 Å². The van der Waals surface area contributed by atoms with Gasteiger partial charge in [0.25, 0.3) is 0 Å². The number of pyridine rings is 1. The number of ether oxygens (including phenoxy) is 1. The Morgan fingerprint density at radius 2 is 1.87 bits per heavy atom. The number of rotatable bonds is 4. The molecule has 30 heavy (non-hydrogen) atoms. The first-order valence-corrected chi connectivity index (χ1v) is 9.46. The monoisotopic (exact) mass is 420 g/mol. The smallest absolute Gasteiger partial charge is 0.507 e. The summed E-state index contributed by atoms with van der Waals surface area (Å²) in [5.74, 6) is -0.510. The number of anilines is 1. The van der Waals surface area contributed by atoms with Gasteiger partial charge in [-0.1, -0.05) is 12.8 Å². The summed E-state index contributed by atoms with van der Waals surface area (Å²) in [6, 6.07) is 4.79. The average Bonchev–Trinajstić information content (AvgIpc) is 2.69. The minimum atomic E-state index is -4.86. The first-order valence-electron chi connectivity index (χ1n) is 9.46. The fourth-order valence-corrected chi connectivity index (χ4v) is 3.67. The number of aliphatic hydroxyl groups is 1. The lowest BCUT2D eigenvalue weighted by Crippen LogP contribution is -2.36. The lowest BCUT2D eigenvalue weighted by Gasteiger charge is -2.29. The van der Waals surface area contributed by atoms with Crippen molar-refractivity contribution in [3.63, 3.8) is 0 Å². The molecule has 2 aromatic heterocycles. The van der Waals surface area contributed by atoms with Gasteiger partial charge in [-0.3, -0.25) is 4.98 Å². The van der Waals surface area contributed by atoms with E-state index in [-0.39, 0.29) is 11.6 Å². The number of hydrogen-bond acceptors (Lipinski definition) is 7. The fraction of sp³-hybridized carbons (Fsp3) is 0.350. The highest BCUT2D eigenvalue weighted by Gasteiger charge is 2.31. The van der Waals surface area contributed by atoms with Crippen LogP contribution < -0.4 is 10.1 Å². The van der Waals surface area contributed by atoms with E-state index in [1.165, 1.54) is 6.07 Å². The van der Waals surface area contributed by atoms with Crippen LogP contribution in [-0.2, 0) is 0 Å². The van der Waals surface area contributed by atoms with Crippen molar-refractivity contribution in [1.82, 2.24) is 15.2 Å². The quantitative estimate of drug-likeness (QED) is 0.586. The van der Waals surface area contributed by atoms with Crippen LogP contribution in [0.15, 0.2) is 36.7 Å². The molecule has 10 heteroatoms. The molecule has 1 aromatic carbocycles. The number of nitrogens with zero attached hydrogens (tertiary/aromatic N) is 3. The van der Waals surface area contributed by atoms with Gasteiger partial charge in [0.15, 0.2) is 5.82 Å². The van der Waals surface area contributed by atoms with Crippen molar-refractivity contribution < 1.29 is 28.1 Å². The van der Waals surface area contributed by atoms with Gasteiger partial charge in [0.1, 0.15) is 17.2 Å². The summed E-state index contributed by atoms with van der Waals surface area (Å²) in [4.78, 5) is 4.12. The van der Waals surface area contributed by atoms with Crippen molar-refractivity contribution in [3.05, 3.63) is 36.7 Å². The molecule has 1 saturated carbocycles. The van der Waals surface area contributed by atoms with E-state index in [9.17, 15) is 23.4 Å². The predicted molar refractivity (Wildman–Crippen MR) is 103 cm³/mol. The van der Waals surface area contributed by atoms with Gasteiger partial charge in [-0.15, -0.1) is 23.4 Å². The molecule has 4 rings (SSSR count). The van der Waals surface area contributed by atoms with Gasteiger partial charge >= 0.3 is 6.36 Å². The molecule has 3 aromatic rings. The number of phenolic OH excluding ortho intramolecular Hbond substituents is 1. The summed E-state index contributed by atoms with van der Waals surface area (Å²) in [6.07, 6.45) is 1.26. The Morgan fingerprint density at radius 3 is 2.60 bits per heavy atom. The van der Waals surface area contributed by atoms with Gasteiger partial charge in [-0.25, -0.2) is 0 Å². The number of aromatic nitrogens is 3. The summed E-state index contributed by atoms with van der Waals surface area (Å²) in [5, 5.41) is 33.4. The Bertz CT molecular complexity index is 1060. The zero-order valence-corrected chi connectivity index (χ0v) is 15.7. The number of aromatic hydroxyl groups is 1. The molecule has 0 amide bonds. The molecule has 1 fully saturated rings. The van der Waals surface area contributed by atoms with E-state index in [1.807, 2.05) is 0 Å². The third-order valence-electron chi connectivity index (χ3n) is 5.09. The number of nitrogens with one attached hydrogen (secondary N) is 1. The summed E-state index contributed by atoms with van der Waals surface area (Å²) in [7, 11) is 0. The van der Waals surface area contributed by atoms with Crippen LogP contribution in [-0.4, -0.2) is 43.9 Å². The molecule has 0 spiro atoms. The Balaban J connectivity index is 1.71. The Kier molecular flexibility index (Phi) is 5.33. The van der Waals surface area contributed by atoms with Crippen molar-refractivity contribution in [1.29, 1.82) is 0 Å². The SMILES string of the molecule is Oc1cc(OC(F)(F)F)ccc1-c1nnc(N[C@H]2CCCC[C@@H]2O)c2cnccc12. The maximum absolute atomic E-state index is 12.4. The maximum atomic E-state index is 12.4. The Hall–Kier alpha value is -3.14. The highest BCUT2D eigenvalue weighted by molar-refractivity contribution is 6.00. The molecule has 3 N–H and O–H groups in total. The van der Waals surface area contributed by atoms with E-state index in [0.717, 1.165) is 31.4 Å². The van der Waals surface area contributed by atoms with Crippen LogP contribution in [0, 0.1) is 0 Å². The molecule has 0 saturated heterocycles. The summed E-state index contributed by atoms with van der Waals surface area (Å²) in [5.41, 5.74) is 0.496. The molecule has 0 bridgehead atoms. The van der Waals surface area contributed by atoms with Crippen LogP contribution in [0.3, 0.4) is 0 Å². The average molecular weight is 420 g/mol. The van der Waals surface area contributed by atoms with Crippen LogP contribution in [0.4, 0.5) is 19.0 Å². The largest absolute Gasteiger partial charge is 0.573 e. The van der Waals surface area contributed by atoms with E-state index in [0.29, 0.717) is 28.7 Å². The lowest BCUT2D eigenvalue weighted by atomic mass is 9.92. The van der Waals surface area contributed by atoms with Crippen molar-refractivity contribution in [2.24, 2.45) is 0 Å². The van der Waals surface area contributed by atoms with E-state index >= 15 is 0 Å². The van der Waals surface area contributed by atoms with Gasteiger partial charge in [0, 0.05) is 34.8 Å². The predicted octanol–water partition coefficient (Wildman–Crippen LogP) is 4.01. The maximum Gasteiger partial charge on any atom is 0.573 e. The molecule has 158 valence electrons. The highest BCUT2D eigenvalue weighted by atomic mass is 19.4. The molecular weight excluding hydrogens is 401 g/mol. The zero-order chi connectivity index (χ0) is 21.3. The third kappa shape index (κ3) is 4.23. The fourth-order valence-electron chi connectivity index (χ4n) is 3.67. The third-order valence-corrected chi connectivity index (χ3v) is 5.09. The van der Waals surface area contributed by atoms with E-state index in [1.54, 1.807) is 18.5 Å². The number of phenols is 1. The zero-order valence-electron chi connectivity index (χ0n) is 15.7. The molecule has 0 aliphatic heterocycles. The summed E-state index contributed by atoms with van der Waals surface area (Å²) < 4.78 is 41.1. The number of hydrogen-bond donors (Lipinski definition) is 3. The first-order chi connectivity index (χ1) is 14.3. The van der Waals surface area contributed by atoms with Crippen molar-refractivity contribution in [2.45, 2.75) is 44.2 Å². The molecule has 0 radical (unpaired) electrons. The van der Waals surface area contributed by atoms with Gasteiger partial charge in [-0.05, 0) is 31.0 Å². The van der Waals surface area contributed by atoms with Crippen LogP contribution >= 0.6 is 0 Å². The summed E-state index contributed by atoms with van der Waals surface area (Å²) >= 11 is 0. The minimum Gasteiger partial charge on any atom is -0.507 e. The molecule has 2 atom stereocenters. The molecule has 7 nitrogen and oxygen atoms in total. The number of aliphatic hydroxyl groups excluding tert-OH is 1. The van der Waals surface area contributed by atoms with E-state index in [2.05, 4.69) is 25.2 Å². The first kappa shape index (κ1) is 20.1. The second-order valence-corrected chi connectivity index (χ2v) is 7.15. The minimum absolute atomic E-state index is 0.158. The molecule has 2 heterocycles. The molecular formula is C20H19F3N4O3. The van der Waals surface area contributed by atoms with Crippen molar-refractivity contribution >= 4 is 16.6 Å². The Labute approximate surface area is 169 Å². The van der Waals surface area contributed by atoms with Crippen LogP contribution in [0.25, 0.3) is 22.0 Å². The van der Waals surface area contributed by atoms with Gasteiger partial charge in [-0.2, -0.15) is 0 Å². The van der Waals surface area contributed by atoms with Gasteiger partial charge < -0.3 is 20.3 Å².